The molecule has 20 heavy (non-hydrogen) atoms. The zero-order valence-corrected chi connectivity index (χ0v) is 11.4. The van der Waals surface area contributed by atoms with Gasteiger partial charge in [0.25, 0.3) is 0 Å². The summed E-state index contributed by atoms with van der Waals surface area (Å²) in [7, 11) is 0. The number of hydrogen-bond acceptors (Lipinski definition) is 8. The van der Waals surface area contributed by atoms with Crippen LogP contribution in [0, 0.1) is 0 Å². The van der Waals surface area contributed by atoms with Crippen molar-refractivity contribution in [2.24, 2.45) is 0 Å². The zero-order chi connectivity index (χ0) is 14.5. The van der Waals surface area contributed by atoms with Crippen molar-refractivity contribution in [3.05, 3.63) is 0 Å². The number of carbonyl (C=O) groups excluding carboxylic acids is 2. The van der Waals surface area contributed by atoms with Crippen molar-refractivity contribution in [3.63, 3.8) is 0 Å². The lowest BCUT2D eigenvalue weighted by Crippen LogP contribution is -2.59. The van der Waals surface area contributed by atoms with E-state index in [0.717, 1.165) is 0 Å². The quantitative estimate of drug-likeness (QED) is 0.646. The highest BCUT2D eigenvalue weighted by Gasteiger charge is 2.45. The highest BCUT2D eigenvalue weighted by molar-refractivity contribution is 5.66. The molecule has 0 bridgehead atoms. The van der Waals surface area contributed by atoms with Gasteiger partial charge in [0.1, 0.15) is 51.2 Å². The predicted octanol–water partition coefficient (Wildman–Crippen LogP) is -0.404. The van der Waals surface area contributed by atoms with E-state index in [4.69, 9.17) is 28.4 Å². The van der Waals surface area contributed by atoms with Crippen LogP contribution in [0.5, 0.6) is 0 Å². The maximum atomic E-state index is 10.9. The molecule has 8 heteroatoms. The SMILES string of the molecule is CC(=O)OCC1OCOC2C(COC(C)=O)OCOC12. The van der Waals surface area contributed by atoms with Gasteiger partial charge in [0.05, 0.1) is 0 Å². The fourth-order valence-electron chi connectivity index (χ4n) is 2.11. The van der Waals surface area contributed by atoms with Crippen LogP contribution in [0.25, 0.3) is 0 Å². The van der Waals surface area contributed by atoms with Gasteiger partial charge in [0, 0.05) is 13.8 Å². The van der Waals surface area contributed by atoms with Gasteiger partial charge in [0.2, 0.25) is 0 Å². The summed E-state index contributed by atoms with van der Waals surface area (Å²) < 4.78 is 31.6. The number of rotatable bonds is 4. The topological polar surface area (TPSA) is 89.5 Å². The van der Waals surface area contributed by atoms with Crippen LogP contribution in [0.4, 0.5) is 0 Å². The molecular formula is C12H18O8. The van der Waals surface area contributed by atoms with E-state index in [2.05, 4.69) is 0 Å². The Morgan fingerprint density at radius 2 is 1.25 bits per heavy atom. The molecule has 2 fully saturated rings. The summed E-state index contributed by atoms with van der Waals surface area (Å²) in [6, 6.07) is 0. The minimum absolute atomic E-state index is 0.0381. The molecule has 8 nitrogen and oxygen atoms in total. The van der Waals surface area contributed by atoms with Crippen LogP contribution in [-0.2, 0) is 38.0 Å². The largest absolute Gasteiger partial charge is 0.463 e. The average molecular weight is 290 g/mol. The number of carbonyl (C=O) groups is 2. The summed E-state index contributed by atoms with van der Waals surface area (Å²) in [5.74, 6) is -0.777. The first-order chi connectivity index (χ1) is 9.58. The second kappa shape index (κ2) is 6.98. The normalized spacial score (nSPS) is 33.1. The van der Waals surface area contributed by atoms with Crippen molar-refractivity contribution >= 4 is 11.9 Å². The molecule has 0 saturated carbocycles. The van der Waals surface area contributed by atoms with Crippen LogP contribution in [-0.4, -0.2) is 63.2 Å². The molecule has 0 amide bonds. The molecule has 2 heterocycles. The van der Waals surface area contributed by atoms with Crippen LogP contribution >= 0.6 is 0 Å². The Morgan fingerprint density at radius 3 is 1.60 bits per heavy atom. The molecule has 0 spiro atoms. The maximum Gasteiger partial charge on any atom is 0.302 e. The summed E-state index contributed by atoms with van der Waals surface area (Å²) in [6.45, 7) is 2.89. The minimum atomic E-state index is -0.433. The molecule has 114 valence electrons. The lowest BCUT2D eigenvalue weighted by atomic mass is 10.0. The lowest BCUT2D eigenvalue weighted by Gasteiger charge is -2.43. The second-order valence-electron chi connectivity index (χ2n) is 4.51. The first-order valence-electron chi connectivity index (χ1n) is 6.31. The standard InChI is InChI=1S/C12H18O8/c1-7(13)15-3-9-11-12(20-5-17-9)10(18-6-19-11)4-16-8(2)14/h9-12H,3-6H2,1-2H3. The first kappa shape index (κ1) is 15.2. The van der Waals surface area contributed by atoms with Gasteiger partial charge >= 0.3 is 11.9 Å². The number of hydrogen-bond donors (Lipinski definition) is 0. The highest BCUT2D eigenvalue weighted by atomic mass is 16.8. The monoisotopic (exact) mass is 290 g/mol. The van der Waals surface area contributed by atoms with E-state index in [1.165, 1.54) is 13.8 Å². The average Bonchev–Trinajstić information content (AvgIpc) is 2.42. The second-order valence-corrected chi connectivity index (χ2v) is 4.51. The molecule has 0 aromatic rings. The lowest BCUT2D eigenvalue weighted by molar-refractivity contribution is -0.329. The van der Waals surface area contributed by atoms with E-state index in [-0.39, 0.29) is 38.7 Å². The number of fused-ring (bicyclic) bond motifs is 1. The number of ether oxygens (including phenoxy) is 6. The van der Waals surface area contributed by atoms with Gasteiger partial charge in [-0.3, -0.25) is 9.59 Å². The first-order valence-corrected chi connectivity index (χ1v) is 6.31. The third-order valence-corrected chi connectivity index (χ3v) is 3.04. The van der Waals surface area contributed by atoms with E-state index >= 15 is 0 Å². The van der Waals surface area contributed by atoms with Gasteiger partial charge < -0.3 is 28.4 Å². The van der Waals surface area contributed by atoms with Crippen molar-refractivity contribution in [1.82, 2.24) is 0 Å². The van der Waals surface area contributed by atoms with Crippen LogP contribution in [0.1, 0.15) is 13.8 Å². The molecule has 2 aliphatic rings. The molecule has 2 aliphatic heterocycles. The number of esters is 2. The summed E-state index contributed by atoms with van der Waals surface area (Å²) >= 11 is 0. The third-order valence-electron chi connectivity index (χ3n) is 3.04. The van der Waals surface area contributed by atoms with Crippen LogP contribution in [0.3, 0.4) is 0 Å². The van der Waals surface area contributed by atoms with E-state index in [1.807, 2.05) is 0 Å². The Morgan fingerprint density at radius 1 is 0.850 bits per heavy atom. The summed E-state index contributed by atoms with van der Waals surface area (Å²) in [5.41, 5.74) is 0. The van der Waals surface area contributed by atoms with Crippen molar-refractivity contribution in [3.8, 4) is 0 Å². The van der Waals surface area contributed by atoms with E-state index in [9.17, 15) is 9.59 Å². The van der Waals surface area contributed by atoms with Crippen molar-refractivity contribution in [2.45, 2.75) is 38.3 Å². The van der Waals surface area contributed by atoms with Gasteiger partial charge in [-0.2, -0.15) is 0 Å². The summed E-state index contributed by atoms with van der Waals surface area (Å²) in [4.78, 5) is 21.7. The Kier molecular flexibility index (Phi) is 5.30. The molecule has 2 rings (SSSR count). The van der Waals surface area contributed by atoms with Crippen LogP contribution < -0.4 is 0 Å². The molecule has 0 N–H and O–H groups in total. The van der Waals surface area contributed by atoms with Crippen LogP contribution in [0.2, 0.25) is 0 Å². The van der Waals surface area contributed by atoms with E-state index in [0.29, 0.717) is 0 Å². The smallest absolute Gasteiger partial charge is 0.302 e. The predicted molar refractivity (Wildman–Crippen MR) is 62.5 cm³/mol. The fourth-order valence-corrected chi connectivity index (χ4v) is 2.11. The molecule has 4 unspecified atom stereocenters. The van der Waals surface area contributed by atoms with Gasteiger partial charge in [-0.1, -0.05) is 0 Å². The maximum absolute atomic E-state index is 10.9. The van der Waals surface area contributed by atoms with Crippen molar-refractivity contribution in [1.29, 1.82) is 0 Å². The van der Waals surface area contributed by atoms with Crippen LogP contribution in [0.15, 0.2) is 0 Å². The van der Waals surface area contributed by atoms with Gasteiger partial charge in [-0.15, -0.1) is 0 Å². The minimum Gasteiger partial charge on any atom is -0.463 e. The van der Waals surface area contributed by atoms with Gasteiger partial charge in [-0.25, -0.2) is 0 Å². The summed E-state index contributed by atoms with van der Waals surface area (Å²) in [5, 5.41) is 0. The van der Waals surface area contributed by atoms with Gasteiger partial charge in [-0.05, 0) is 0 Å². The zero-order valence-electron chi connectivity index (χ0n) is 11.4. The molecule has 0 radical (unpaired) electrons. The van der Waals surface area contributed by atoms with Crippen molar-refractivity contribution < 1.29 is 38.0 Å². The molecule has 0 aromatic carbocycles. The fraction of sp³-hybridized carbons (Fsp3) is 0.833. The Balaban J connectivity index is 1.93. The summed E-state index contributed by atoms with van der Waals surface area (Å²) in [6.07, 6.45) is -1.72. The third kappa shape index (κ3) is 3.89. The Bertz CT molecular complexity index is 323. The van der Waals surface area contributed by atoms with Gasteiger partial charge in [0.15, 0.2) is 0 Å². The Labute approximate surface area is 116 Å². The van der Waals surface area contributed by atoms with E-state index < -0.39 is 24.4 Å². The van der Waals surface area contributed by atoms with Crippen molar-refractivity contribution in [2.75, 3.05) is 26.8 Å². The highest BCUT2D eigenvalue weighted by Crippen LogP contribution is 2.26. The van der Waals surface area contributed by atoms with E-state index in [1.54, 1.807) is 0 Å². The molecular weight excluding hydrogens is 272 g/mol. The Hall–Kier alpha value is -1.22. The molecule has 4 atom stereocenters. The molecule has 0 aliphatic carbocycles. The molecule has 2 saturated heterocycles. The molecule has 0 aromatic heterocycles.